The second-order valence-corrected chi connectivity index (χ2v) is 5.32. The average Bonchev–Trinajstić information content (AvgIpc) is 2.92. The third-order valence-corrected chi connectivity index (χ3v) is 3.71. The van der Waals surface area contributed by atoms with Gasteiger partial charge in [0.25, 0.3) is 0 Å². The molecule has 3 nitrogen and oxygen atoms in total. The highest BCUT2D eigenvalue weighted by atomic mass is 16.1. The molecular weight excluding hydrogens is 236 g/mol. The van der Waals surface area contributed by atoms with Crippen LogP contribution in [0, 0.1) is 0 Å². The molecule has 1 fully saturated rings. The van der Waals surface area contributed by atoms with Crippen LogP contribution in [0.25, 0.3) is 0 Å². The number of benzene rings is 1. The van der Waals surface area contributed by atoms with Gasteiger partial charge in [0, 0.05) is 12.5 Å². The van der Waals surface area contributed by atoms with E-state index in [1.807, 2.05) is 18.2 Å². The van der Waals surface area contributed by atoms with Crippen LogP contribution in [-0.4, -0.2) is 18.5 Å². The van der Waals surface area contributed by atoms with Crippen LogP contribution in [0.2, 0.25) is 0 Å². The van der Waals surface area contributed by atoms with Gasteiger partial charge in [-0.25, -0.2) is 0 Å². The molecule has 1 aromatic carbocycles. The van der Waals surface area contributed by atoms with Crippen molar-refractivity contribution in [3.8, 4) is 0 Å². The Bertz CT molecular complexity index is 385. The second-order valence-electron chi connectivity index (χ2n) is 5.32. The number of nitrogens with one attached hydrogen (secondary N) is 2. The van der Waals surface area contributed by atoms with E-state index in [0.717, 1.165) is 25.8 Å². The van der Waals surface area contributed by atoms with Crippen LogP contribution in [0.1, 0.15) is 50.6 Å². The van der Waals surface area contributed by atoms with Crippen LogP contribution >= 0.6 is 0 Å². The van der Waals surface area contributed by atoms with E-state index in [0.29, 0.717) is 12.5 Å². The number of carbonyl (C=O) groups excluding carboxylic acids is 1. The molecule has 1 aromatic rings. The number of rotatable bonds is 6. The summed E-state index contributed by atoms with van der Waals surface area (Å²) in [5.41, 5.74) is 1.21. The van der Waals surface area contributed by atoms with E-state index in [-0.39, 0.29) is 11.9 Å². The fraction of sp³-hybridized carbons (Fsp3) is 0.562. The molecule has 0 spiro atoms. The summed E-state index contributed by atoms with van der Waals surface area (Å²) in [5.74, 6) is 0.168. The smallest absolute Gasteiger partial charge is 0.222 e. The molecule has 2 N–H and O–H groups in total. The first kappa shape index (κ1) is 14.1. The van der Waals surface area contributed by atoms with E-state index >= 15 is 0 Å². The molecule has 1 heterocycles. The minimum atomic E-state index is 0.153. The molecule has 1 aliphatic rings. The summed E-state index contributed by atoms with van der Waals surface area (Å²) in [6.07, 6.45) is 4.98. The molecule has 19 heavy (non-hydrogen) atoms. The minimum Gasteiger partial charge on any atom is -0.349 e. The van der Waals surface area contributed by atoms with Gasteiger partial charge in [0.05, 0.1) is 6.04 Å². The van der Waals surface area contributed by atoms with Crippen molar-refractivity contribution in [3.63, 3.8) is 0 Å². The lowest BCUT2D eigenvalue weighted by Gasteiger charge is -2.20. The van der Waals surface area contributed by atoms with Crippen molar-refractivity contribution in [2.75, 3.05) is 6.54 Å². The van der Waals surface area contributed by atoms with E-state index < -0.39 is 0 Å². The fourth-order valence-electron chi connectivity index (χ4n) is 2.70. The molecule has 3 heteroatoms. The summed E-state index contributed by atoms with van der Waals surface area (Å²) in [6.45, 7) is 3.20. The Morgan fingerprint density at radius 2 is 2.21 bits per heavy atom. The molecule has 1 amide bonds. The molecule has 1 saturated heterocycles. The van der Waals surface area contributed by atoms with Gasteiger partial charge in [-0.1, -0.05) is 43.7 Å². The Kier molecular flexibility index (Phi) is 5.40. The number of hydrogen-bond acceptors (Lipinski definition) is 2. The quantitative estimate of drug-likeness (QED) is 0.826. The van der Waals surface area contributed by atoms with Gasteiger partial charge in [0.1, 0.15) is 0 Å². The molecule has 1 aliphatic heterocycles. The predicted molar refractivity (Wildman–Crippen MR) is 77.9 cm³/mol. The molecule has 2 atom stereocenters. The Morgan fingerprint density at radius 1 is 1.42 bits per heavy atom. The lowest BCUT2D eigenvalue weighted by molar-refractivity contribution is -0.122. The van der Waals surface area contributed by atoms with Crippen LogP contribution in [0.4, 0.5) is 0 Å². The van der Waals surface area contributed by atoms with Crippen molar-refractivity contribution in [2.45, 2.75) is 51.1 Å². The average molecular weight is 260 g/mol. The number of amides is 1. The van der Waals surface area contributed by atoms with E-state index in [9.17, 15) is 4.79 Å². The predicted octanol–water partition coefficient (Wildman–Crippen LogP) is 2.79. The first-order valence-electron chi connectivity index (χ1n) is 7.37. The normalized spacial score (nSPS) is 20.2. The maximum Gasteiger partial charge on any atom is 0.222 e. The lowest BCUT2D eigenvalue weighted by Crippen LogP contribution is -2.34. The van der Waals surface area contributed by atoms with Crippen molar-refractivity contribution in [1.29, 1.82) is 0 Å². The summed E-state index contributed by atoms with van der Waals surface area (Å²) in [5, 5.41) is 6.55. The van der Waals surface area contributed by atoms with E-state index in [2.05, 4.69) is 29.7 Å². The summed E-state index contributed by atoms with van der Waals surface area (Å²) >= 11 is 0. The zero-order valence-electron chi connectivity index (χ0n) is 11.7. The van der Waals surface area contributed by atoms with Crippen molar-refractivity contribution < 1.29 is 4.79 Å². The Hall–Kier alpha value is -1.35. The van der Waals surface area contributed by atoms with Crippen molar-refractivity contribution in [2.24, 2.45) is 0 Å². The van der Waals surface area contributed by atoms with Crippen LogP contribution < -0.4 is 10.6 Å². The Morgan fingerprint density at radius 3 is 2.84 bits per heavy atom. The van der Waals surface area contributed by atoms with Crippen molar-refractivity contribution in [1.82, 2.24) is 10.6 Å². The zero-order chi connectivity index (χ0) is 13.5. The molecule has 0 saturated carbocycles. The van der Waals surface area contributed by atoms with E-state index in [1.165, 1.54) is 12.0 Å². The summed E-state index contributed by atoms with van der Waals surface area (Å²) in [4.78, 5) is 12.1. The van der Waals surface area contributed by atoms with Gasteiger partial charge in [0.15, 0.2) is 0 Å². The van der Waals surface area contributed by atoms with E-state index in [4.69, 9.17) is 0 Å². The highest BCUT2D eigenvalue weighted by molar-refractivity contribution is 5.77. The molecule has 0 radical (unpaired) electrons. The topological polar surface area (TPSA) is 41.1 Å². The molecular formula is C16H24N2O. The standard InChI is InChI=1S/C16H24N2O/c1-2-7-15(13-8-4-3-5-9-13)18-16(19)12-14-10-6-11-17-14/h3-5,8-9,14-15,17H,2,6-7,10-12H2,1H3,(H,18,19). The fourth-order valence-corrected chi connectivity index (χ4v) is 2.70. The summed E-state index contributed by atoms with van der Waals surface area (Å²) < 4.78 is 0. The van der Waals surface area contributed by atoms with Crippen molar-refractivity contribution in [3.05, 3.63) is 35.9 Å². The summed E-state index contributed by atoms with van der Waals surface area (Å²) in [6, 6.07) is 10.8. The molecule has 2 rings (SSSR count). The van der Waals surface area contributed by atoms with Gasteiger partial charge in [-0.2, -0.15) is 0 Å². The molecule has 2 unspecified atom stereocenters. The van der Waals surface area contributed by atoms with Gasteiger partial charge in [-0.05, 0) is 31.4 Å². The number of hydrogen-bond donors (Lipinski definition) is 2. The maximum atomic E-state index is 12.1. The Labute approximate surface area is 115 Å². The first-order chi connectivity index (χ1) is 9.29. The highest BCUT2D eigenvalue weighted by Crippen LogP contribution is 2.19. The van der Waals surface area contributed by atoms with Crippen LogP contribution in [0.15, 0.2) is 30.3 Å². The SMILES string of the molecule is CCCC(NC(=O)CC1CCCN1)c1ccccc1. The molecule has 0 bridgehead atoms. The second kappa shape index (κ2) is 7.29. The number of carbonyl (C=O) groups is 1. The van der Waals surface area contributed by atoms with E-state index in [1.54, 1.807) is 0 Å². The van der Waals surface area contributed by atoms with Gasteiger partial charge in [-0.15, -0.1) is 0 Å². The maximum absolute atomic E-state index is 12.1. The third kappa shape index (κ3) is 4.35. The minimum absolute atomic E-state index is 0.153. The monoisotopic (exact) mass is 260 g/mol. The van der Waals surface area contributed by atoms with Crippen molar-refractivity contribution >= 4 is 5.91 Å². The molecule has 104 valence electrons. The highest BCUT2D eigenvalue weighted by Gasteiger charge is 2.20. The van der Waals surface area contributed by atoms with Gasteiger partial charge < -0.3 is 10.6 Å². The Balaban J connectivity index is 1.90. The first-order valence-corrected chi connectivity index (χ1v) is 7.37. The summed E-state index contributed by atoms with van der Waals surface area (Å²) in [7, 11) is 0. The van der Waals surface area contributed by atoms with Crippen LogP contribution in [0.3, 0.4) is 0 Å². The molecule has 0 aliphatic carbocycles. The van der Waals surface area contributed by atoms with Gasteiger partial charge in [0.2, 0.25) is 5.91 Å². The van der Waals surface area contributed by atoms with Gasteiger partial charge in [-0.3, -0.25) is 4.79 Å². The third-order valence-electron chi connectivity index (χ3n) is 3.71. The zero-order valence-corrected chi connectivity index (χ0v) is 11.7. The van der Waals surface area contributed by atoms with Crippen LogP contribution in [0.5, 0.6) is 0 Å². The van der Waals surface area contributed by atoms with Crippen LogP contribution in [-0.2, 0) is 4.79 Å². The van der Waals surface area contributed by atoms with Gasteiger partial charge >= 0.3 is 0 Å². The molecule has 0 aromatic heterocycles. The largest absolute Gasteiger partial charge is 0.349 e. The lowest BCUT2D eigenvalue weighted by atomic mass is 10.0.